The Labute approximate surface area is 116 Å². The van der Waals surface area contributed by atoms with E-state index >= 15 is 0 Å². The zero-order chi connectivity index (χ0) is 12.7. The summed E-state index contributed by atoms with van der Waals surface area (Å²) in [6.45, 7) is 3.40. The Morgan fingerprint density at radius 1 is 1.33 bits per heavy atom. The summed E-state index contributed by atoms with van der Waals surface area (Å²) in [6, 6.07) is 7.09. The fraction of sp³-hybridized carbons (Fsp3) is 0.467. The molecule has 1 saturated heterocycles. The molecule has 0 radical (unpaired) electrons. The monoisotopic (exact) mass is 306 g/mol. The van der Waals surface area contributed by atoms with Crippen molar-refractivity contribution in [3.63, 3.8) is 0 Å². The number of hydrogen-bond acceptors (Lipinski definition) is 1. The molecule has 3 rings (SSSR count). The van der Waals surface area contributed by atoms with Gasteiger partial charge in [0, 0.05) is 34.2 Å². The van der Waals surface area contributed by atoms with E-state index < -0.39 is 0 Å². The van der Waals surface area contributed by atoms with Crippen molar-refractivity contribution in [2.24, 2.45) is 7.05 Å². The molecule has 0 bridgehead atoms. The molecule has 1 aliphatic heterocycles. The van der Waals surface area contributed by atoms with E-state index in [1.165, 1.54) is 41.4 Å². The van der Waals surface area contributed by atoms with Gasteiger partial charge in [0.15, 0.2) is 0 Å². The van der Waals surface area contributed by atoms with Crippen molar-refractivity contribution in [3.8, 4) is 0 Å². The predicted octanol–water partition coefficient (Wildman–Crippen LogP) is 4.06. The number of rotatable bonds is 1. The second kappa shape index (κ2) is 4.71. The predicted molar refractivity (Wildman–Crippen MR) is 80.0 cm³/mol. The third-order valence-corrected chi connectivity index (χ3v) is 4.60. The van der Waals surface area contributed by atoms with E-state index in [0.717, 1.165) is 11.0 Å². The molecule has 18 heavy (non-hydrogen) atoms. The lowest BCUT2D eigenvalue weighted by atomic mass is 9.99. The molecule has 2 heterocycles. The van der Waals surface area contributed by atoms with Crippen molar-refractivity contribution < 1.29 is 0 Å². The maximum Gasteiger partial charge on any atom is 0.0483 e. The number of nitrogens with zero attached hydrogens (tertiary/aromatic N) is 1. The summed E-state index contributed by atoms with van der Waals surface area (Å²) in [5, 5.41) is 5.03. The number of halogens is 1. The molecule has 1 fully saturated rings. The molecule has 0 aliphatic carbocycles. The maximum absolute atomic E-state index is 3.66. The number of aromatic nitrogens is 1. The van der Waals surface area contributed by atoms with Crippen LogP contribution >= 0.6 is 15.9 Å². The Hall–Kier alpha value is -0.800. The minimum atomic E-state index is 0.523. The van der Waals surface area contributed by atoms with E-state index in [9.17, 15) is 0 Å². The van der Waals surface area contributed by atoms with E-state index in [4.69, 9.17) is 0 Å². The molecule has 1 N–H and O–H groups in total. The number of benzene rings is 1. The molecular formula is C15H19BrN2. The van der Waals surface area contributed by atoms with Crippen LogP contribution in [0.25, 0.3) is 10.9 Å². The van der Waals surface area contributed by atoms with Crippen LogP contribution in [0.4, 0.5) is 0 Å². The third kappa shape index (κ3) is 1.90. The zero-order valence-electron chi connectivity index (χ0n) is 11.0. The van der Waals surface area contributed by atoms with Crippen molar-refractivity contribution in [2.75, 3.05) is 6.54 Å². The van der Waals surface area contributed by atoms with Crippen LogP contribution in [-0.2, 0) is 7.05 Å². The highest BCUT2D eigenvalue weighted by molar-refractivity contribution is 9.10. The van der Waals surface area contributed by atoms with Crippen LogP contribution in [0.3, 0.4) is 0 Å². The van der Waals surface area contributed by atoms with E-state index in [0.29, 0.717) is 6.04 Å². The number of hydrogen-bond donors (Lipinski definition) is 1. The molecule has 2 aromatic rings. The van der Waals surface area contributed by atoms with Crippen LogP contribution in [0.2, 0.25) is 0 Å². The van der Waals surface area contributed by atoms with Crippen LogP contribution in [0.1, 0.15) is 36.6 Å². The molecular weight excluding hydrogens is 288 g/mol. The van der Waals surface area contributed by atoms with Crippen LogP contribution in [0.15, 0.2) is 22.7 Å². The third-order valence-electron chi connectivity index (χ3n) is 4.11. The first kappa shape index (κ1) is 12.2. The van der Waals surface area contributed by atoms with Crippen LogP contribution in [0, 0.1) is 6.92 Å². The second-order valence-corrected chi connectivity index (χ2v) is 6.15. The summed E-state index contributed by atoms with van der Waals surface area (Å²) >= 11 is 3.57. The van der Waals surface area contributed by atoms with Crippen molar-refractivity contribution >= 4 is 26.8 Å². The van der Waals surface area contributed by atoms with E-state index in [1.54, 1.807) is 0 Å². The van der Waals surface area contributed by atoms with Gasteiger partial charge in [-0.3, -0.25) is 0 Å². The molecule has 2 nitrogen and oxygen atoms in total. The molecule has 1 aromatic heterocycles. The molecule has 1 atom stereocenters. The number of nitrogens with one attached hydrogen (secondary N) is 1. The Bertz CT molecular complexity index is 580. The summed E-state index contributed by atoms with van der Waals surface area (Å²) in [4.78, 5) is 0. The molecule has 1 aromatic carbocycles. The first-order valence-corrected chi connectivity index (χ1v) is 7.45. The van der Waals surface area contributed by atoms with Gasteiger partial charge in [0.2, 0.25) is 0 Å². The molecule has 1 unspecified atom stereocenters. The van der Waals surface area contributed by atoms with Gasteiger partial charge in [0.1, 0.15) is 0 Å². The van der Waals surface area contributed by atoms with Crippen LogP contribution < -0.4 is 5.32 Å². The van der Waals surface area contributed by atoms with E-state index in [2.05, 4.69) is 58.0 Å². The number of fused-ring (bicyclic) bond motifs is 1. The Balaban J connectivity index is 2.16. The highest BCUT2D eigenvalue weighted by atomic mass is 79.9. The van der Waals surface area contributed by atoms with Crippen LogP contribution in [0.5, 0.6) is 0 Å². The maximum atomic E-state index is 3.66. The lowest BCUT2D eigenvalue weighted by Crippen LogP contribution is -2.28. The largest absolute Gasteiger partial charge is 0.346 e. The first-order chi connectivity index (χ1) is 8.68. The van der Waals surface area contributed by atoms with Crippen molar-refractivity contribution in [3.05, 3.63) is 33.9 Å². The molecule has 0 spiro atoms. The number of piperidine rings is 1. The Kier molecular flexibility index (Phi) is 3.20. The summed E-state index contributed by atoms with van der Waals surface area (Å²) in [6.07, 6.45) is 3.90. The average Bonchev–Trinajstić information content (AvgIpc) is 2.63. The fourth-order valence-electron chi connectivity index (χ4n) is 3.20. The lowest BCUT2D eigenvalue weighted by Gasteiger charge is -2.25. The average molecular weight is 307 g/mol. The lowest BCUT2D eigenvalue weighted by molar-refractivity contribution is 0.398. The van der Waals surface area contributed by atoms with Gasteiger partial charge in [-0.15, -0.1) is 0 Å². The smallest absolute Gasteiger partial charge is 0.0483 e. The molecule has 0 saturated carbocycles. The van der Waals surface area contributed by atoms with Gasteiger partial charge in [0.25, 0.3) is 0 Å². The SMILES string of the molecule is Cc1c(C2CCCCN2)n(C)c2ccc(Br)cc12. The summed E-state index contributed by atoms with van der Waals surface area (Å²) in [5.41, 5.74) is 4.22. The molecule has 96 valence electrons. The summed E-state index contributed by atoms with van der Waals surface area (Å²) in [7, 11) is 2.19. The summed E-state index contributed by atoms with van der Waals surface area (Å²) in [5.74, 6) is 0. The molecule has 1 aliphatic rings. The van der Waals surface area contributed by atoms with Gasteiger partial charge in [-0.1, -0.05) is 22.4 Å². The fourth-order valence-corrected chi connectivity index (χ4v) is 3.56. The molecule has 0 amide bonds. The minimum absolute atomic E-state index is 0.523. The van der Waals surface area contributed by atoms with Gasteiger partial charge in [-0.25, -0.2) is 0 Å². The van der Waals surface area contributed by atoms with Gasteiger partial charge < -0.3 is 9.88 Å². The summed E-state index contributed by atoms with van der Waals surface area (Å²) < 4.78 is 3.52. The molecule has 3 heteroatoms. The van der Waals surface area contributed by atoms with Crippen molar-refractivity contribution in [1.29, 1.82) is 0 Å². The minimum Gasteiger partial charge on any atom is -0.346 e. The van der Waals surface area contributed by atoms with Gasteiger partial charge >= 0.3 is 0 Å². The highest BCUT2D eigenvalue weighted by Crippen LogP contribution is 2.33. The van der Waals surface area contributed by atoms with Gasteiger partial charge in [0.05, 0.1) is 0 Å². The quantitative estimate of drug-likeness (QED) is 0.840. The van der Waals surface area contributed by atoms with Gasteiger partial charge in [-0.2, -0.15) is 0 Å². The van der Waals surface area contributed by atoms with E-state index in [-0.39, 0.29) is 0 Å². The first-order valence-electron chi connectivity index (χ1n) is 6.66. The standard InChI is InChI=1S/C15H19BrN2/c1-10-12-9-11(16)6-7-14(12)18(2)15(10)13-5-3-4-8-17-13/h6-7,9,13,17H,3-5,8H2,1-2H3. The second-order valence-electron chi connectivity index (χ2n) is 5.23. The zero-order valence-corrected chi connectivity index (χ0v) is 12.5. The number of aryl methyl sites for hydroxylation is 2. The van der Waals surface area contributed by atoms with E-state index in [1.807, 2.05) is 0 Å². The Morgan fingerprint density at radius 3 is 2.89 bits per heavy atom. The Morgan fingerprint density at radius 2 is 2.17 bits per heavy atom. The van der Waals surface area contributed by atoms with Crippen molar-refractivity contribution in [2.45, 2.75) is 32.2 Å². The van der Waals surface area contributed by atoms with Crippen molar-refractivity contribution in [1.82, 2.24) is 9.88 Å². The highest BCUT2D eigenvalue weighted by Gasteiger charge is 2.22. The normalized spacial score (nSPS) is 20.5. The van der Waals surface area contributed by atoms with Gasteiger partial charge in [-0.05, 0) is 50.1 Å². The topological polar surface area (TPSA) is 17.0 Å². The van der Waals surface area contributed by atoms with Crippen LogP contribution in [-0.4, -0.2) is 11.1 Å².